The molecule has 0 aliphatic carbocycles. The van der Waals surface area contributed by atoms with Crippen LogP contribution < -0.4 is 0 Å². The average Bonchev–Trinajstić information content (AvgIpc) is 2.30. The first-order chi connectivity index (χ1) is 8.56. The van der Waals surface area contributed by atoms with Crippen molar-refractivity contribution in [3.8, 4) is 0 Å². The molecule has 1 aromatic rings. The molecular weight excluding hydrogens is 242 g/mol. The lowest BCUT2D eigenvalue weighted by molar-refractivity contribution is 0.305. The molecule has 1 heterocycles. The number of rotatable bonds is 3. The minimum atomic E-state index is 0.811. The van der Waals surface area contributed by atoms with Crippen LogP contribution in [-0.4, -0.2) is 24.5 Å². The van der Waals surface area contributed by atoms with Crippen LogP contribution in [0.1, 0.15) is 32.8 Å². The Bertz CT molecular complexity index is 431. The molecule has 0 saturated heterocycles. The molecule has 0 aromatic heterocycles. The molecule has 18 heavy (non-hydrogen) atoms. The van der Waals surface area contributed by atoms with Gasteiger partial charge in [-0.2, -0.15) is 0 Å². The zero-order valence-electron chi connectivity index (χ0n) is 11.5. The second kappa shape index (κ2) is 5.90. The number of nitrogens with zero attached hydrogens (tertiary/aromatic N) is 1. The molecule has 1 aromatic carbocycles. The van der Waals surface area contributed by atoms with Gasteiger partial charge in [-0.25, -0.2) is 0 Å². The number of hydrogen-bond donors (Lipinski definition) is 0. The Morgan fingerprint density at radius 1 is 1.22 bits per heavy atom. The zero-order chi connectivity index (χ0) is 13.1. The summed E-state index contributed by atoms with van der Waals surface area (Å²) in [6, 6.07) is 8.23. The molecule has 0 amide bonds. The van der Waals surface area contributed by atoms with Gasteiger partial charge in [-0.3, -0.25) is 4.90 Å². The van der Waals surface area contributed by atoms with E-state index in [-0.39, 0.29) is 0 Å². The summed E-state index contributed by atoms with van der Waals surface area (Å²) in [7, 11) is 0. The summed E-state index contributed by atoms with van der Waals surface area (Å²) in [5.74, 6) is 1.48. The van der Waals surface area contributed by atoms with E-state index in [2.05, 4.69) is 37.8 Å². The monoisotopic (exact) mass is 262 g/mol. The van der Waals surface area contributed by atoms with Gasteiger partial charge in [-0.05, 0) is 42.5 Å². The van der Waals surface area contributed by atoms with E-state index < -0.39 is 0 Å². The van der Waals surface area contributed by atoms with Crippen molar-refractivity contribution in [3.63, 3.8) is 0 Å². The first-order valence-corrected chi connectivity index (χ1v) is 6.90. The van der Waals surface area contributed by atoms with Gasteiger partial charge in [0.1, 0.15) is 0 Å². The lowest BCUT2D eigenvalue weighted by atomic mass is 9.94. The van der Waals surface area contributed by atoms with E-state index >= 15 is 0 Å². The molecule has 2 heteroatoms. The van der Waals surface area contributed by atoms with Crippen LogP contribution in [0.25, 0.3) is 5.57 Å². The molecule has 0 N–H and O–H groups in total. The van der Waals surface area contributed by atoms with Gasteiger partial charge in [-0.1, -0.05) is 43.2 Å². The normalized spacial score (nSPS) is 17.6. The maximum Gasteiger partial charge on any atom is 0.0406 e. The third-order valence-corrected chi connectivity index (χ3v) is 3.64. The van der Waals surface area contributed by atoms with Crippen LogP contribution in [0.4, 0.5) is 0 Å². The van der Waals surface area contributed by atoms with Gasteiger partial charge >= 0.3 is 0 Å². The highest BCUT2D eigenvalue weighted by Crippen LogP contribution is 2.28. The number of hydrogen-bond acceptors (Lipinski definition) is 1. The molecule has 1 aliphatic heterocycles. The predicted molar refractivity (Wildman–Crippen MR) is 79.7 cm³/mol. The van der Waals surface area contributed by atoms with Crippen LogP contribution in [0.5, 0.6) is 0 Å². The van der Waals surface area contributed by atoms with Crippen molar-refractivity contribution in [2.75, 3.05) is 19.6 Å². The van der Waals surface area contributed by atoms with Gasteiger partial charge in [0, 0.05) is 24.7 Å². The summed E-state index contributed by atoms with van der Waals surface area (Å²) < 4.78 is 0. The van der Waals surface area contributed by atoms with Crippen molar-refractivity contribution in [2.45, 2.75) is 27.2 Å². The van der Waals surface area contributed by atoms with Crippen molar-refractivity contribution in [2.24, 2.45) is 0 Å². The molecule has 0 atom stereocenters. The van der Waals surface area contributed by atoms with Crippen molar-refractivity contribution in [1.82, 2.24) is 4.90 Å². The number of halogens is 1. The van der Waals surface area contributed by atoms with Gasteiger partial charge in [-0.15, -0.1) is 0 Å². The van der Waals surface area contributed by atoms with E-state index in [9.17, 15) is 0 Å². The Labute approximate surface area is 115 Å². The van der Waals surface area contributed by atoms with E-state index in [4.69, 9.17) is 11.6 Å². The molecule has 1 radical (unpaired) electrons. The van der Waals surface area contributed by atoms with Crippen LogP contribution in [0, 0.1) is 5.92 Å². The quantitative estimate of drug-likeness (QED) is 0.779. The molecule has 1 nitrogen and oxygen atoms in total. The second-order valence-corrected chi connectivity index (χ2v) is 5.87. The summed E-state index contributed by atoms with van der Waals surface area (Å²) in [6.45, 7) is 10.0. The molecule has 97 valence electrons. The van der Waals surface area contributed by atoms with Crippen LogP contribution >= 0.6 is 11.6 Å². The Morgan fingerprint density at radius 2 is 1.89 bits per heavy atom. The van der Waals surface area contributed by atoms with Crippen LogP contribution in [0.15, 0.2) is 29.8 Å². The Morgan fingerprint density at radius 3 is 2.44 bits per heavy atom. The highest BCUT2D eigenvalue weighted by molar-refractivity contribution is 6.30. The van der Waals surface area contributed by atoms with Crippen LogP contribution in [0.2, 0.25) is 5.02 Å². The molecule has 0 fully saturated rings. The van der Waals surface area contributed by atoms with Crippen molar-refractivity contribution in [3.05, 3.63) is 46.3 Å². The average molecular weight is 263 g/mol. The Balaban J connectivity index is 2.12. The third-order valence-electron chi connectivity index (χ3n) is 3.39. The Kier molecular flexibility index (Phi) is 4.47. The minimum Gasteiger partial charge on any atom is -0.299 e. The van der Waals surface area contributed by atoms with E-state index in [1.54, 1.807) is 0 Å². The van der Waals surface area contributed by atoms with Crippen molar-refractivity contribution >= 4 is 17.2 Å². The lowest BCUT2D eigenvalue weighted by Crippen LogP contribution is -2.33. The standard InChI is InChI=1S/C16H21ClN/c1-12(2)10-18-9-8-16(13(3)11-18)14-4-6-15(17)7-5-14/h4-7H,8-11H2,1-3H3. The third kappa shape index (κ3) is 3.37. The molecule has 0 bridgehead atoms. The van der Waals surface area contributed by atoms with Gasteiger partial charge in [0.2, 0.25) is 0 Å². The molecule has 0 unspecified atom stereocenters. The predicted octanol–water partition coefficient (Wildman–Crippen LogP) is 4.43. The smallest absolute Gasteiger partial charge is 0.0406 e. The van der Waals surface area contributed by atoms with Crippen molar-refractivity contribution < 1.29 is 0 Å². The fourth-order valence-corrected chi connectivity index (χ4v) is 2.74. The van der Waals surface area contributed by atoms with E-state index in [1.807, 2.05) is 12.1 Å². The molecule has 2 rings (SSSR count). The highest BCUT2D eigenvalue weighted by atomic mass is 35.5. The topological polar surface area (TPSA) is 3.24 Å². The van der Waals surface area contributed by atoms with E-state index in [0.717, 1.165) is 31.1 Å². The van der Waals surface area contributed by atoms with Crippen LogP contribution in [0.3, 0.4) is 0 Å². The summed E-state index contributed by atoms with van der Waals surface area (Å²) in [4.78, 5) is 2.52. The van der Waals surface area contributed by atoms with Gasteiger partial charge in [0.25, 0.3) is 0 Å². The van der Waals surface area contributed by atoms with Crippen molar-refractivity contribution in [1.29, 1.82) is 0 Å². The molecule has 0 spiro atoms. The largest absolute Gasteiger partial charge is 0.299 e. The summed E-state index contributed by atoms with van der Waals surface area (Å²) in [6.07, 6.45) is 1.14. The first-order valence-electron chi connectivity index (χ1n) is 6.52. The minimum absolute atomic E-state index is 0.811. The number of benzene rings is 1. The molecule has 1 aliphatic rings. The summed E-state index contributed by atoms with van der Waals surface area (Å²) in [5, 5.41) is 0.811. The zero-order valence-corrected chi connectivity index (χ0v) is 12.2. The highest BCUT2D eigenvalue weighted by Gasteiger charge is 2.17. The fourth-order valence-electron chi connectivity index (χ4n) is 2.62. The van der Waals surface area contributed by atoms with Gasteiger partial charge in [0.05, 0.1) is 0 Å². The second-order valence-electron chi connectivity index (χ2n) is 5.43. The van der Waals surface area contributed by atoms with E-state index in [0.29, 0.717) is 0 Å². The van der Waals surface area contributed by atoms with E-state index in [1.165, 1.54) is 22.6 Å². The summed E-state index contributed by atoms with van der Waals surface area (Å²) in [5.41, 5.74) is 4.32. The maximum absolute atomic E-state index is 5.94. The first kappa shape index (κ1) is 13.6. The maximum atomic E-state index is 5.94. The van der Waals surface area contributed by atoms with Gasteiger partial charge < -0.3 is 0 Å². The lowest BCUT2D eigenvalue weighted by Gasteiger charge is -2.31. The summed E-state index contributed by atoms with van der Waals surface area (Å²) >= 11 is 5.94. The molecular formula is C16H21ClN. The van der Waals surface area contributed by atoms with Crippen LogP contribution in [-0.2, 0) is 0 Å². The molecule has 0 saturated carbocycles. The fraction of sp³-hybridized carbons (Fsp3) is 0.438. The Hall–Kier alpha value is -0.790. The SMILES string of the molecule is C[C](C)CN1CCC(c2ccc(Cl)cc2)=C(C)C1. The van der Waals surface area contributed by atoms with Gasteiger partial charge in [0.15, 0.2) is 0 Å².